The van der Waals surface area contributed by atoms with E-state index in [1.54, 1.807) is 0 Å². The van der Waals surface area contributed by atoms with Crippen LogP contribution in [0.1, 0.15) is 38.8 Å². The number of rotatable bonds is 6. The molecule has 118 valence electrons. The Morgan fingerprint density at radius 2 is 1.67 bits per heavy atom. The average Bonchev–Trinajstić information content (AvgIpc) is 2.39. The van der Waals surface area contributed by atoms with Crippen molar-refractivity contribution in [1.82, 2.24) is 10.2 Å². The third-order valence-corrected chi connectivity index (χ3v) is 5.12. The molecule has 1 N–H and O–H groups in total. The first-order valence-electron chi connectivity index (χ1n) is 8.22. The van der Waals surface area contributed by atoms with Crippen LogP contribution in [0.4, 0.5) is 0 Å². The van der Waals surface area contributed by atoms with Crippen molar-refractivity contribution in [3.05, 3.63) is 35.4 Å². The van der Waals surface area contributed by atoms with Crippen LogP contribution in [0.15, 0.2) is 24.3 Å². The lowest BCUT2D eigenvalue weighted by molar-refractivity contribution is 0.263. The van der Waals surface area contributed by atoms with Crippen LogP contribution in [0, 0.1) is 0 Å². The van der Waals surface area contributed by atoms with Gasteiger partial charge < -0.3 is 5.32 Å². The van der Waals surface area contributed by atoms with Gasteiger partial charge in [0.25, 0.3) is 0 Å². The molecule has 0 saturated carbocycles. The summed E-state index contributed by atoms with van der Waals surface area (Å²) in [5, 5.41) is 4.99. The predicted octanol–water partition coefficient (Wildman–Crippen LogP) is 3.55. The molecular formula is C18H30N2S. The van der Waals surface area contributed by atoms with Crippen molar-refractivity contribution < 1.29 is 0 Å². The summed E-state index contributed by atoms with van der Waals surface area (Å²) >= 11 is 2.12. The van der Waals surface area contributed by atoms with Gasteiger partial charge in [-0.25, -0.2) is 0 Å². The predicted molar refractivity (Wildman–Crippen MR) is 95.1 cm³/mol. The van der Waals surface area contributed by atoms with Crippen LogP contribution in [0.2, 0.25) is 0 Å². The molecule has 2 rings (SSSR count). The molecule has 0 aliphatic carbocycles. The average molecular weight is 307 g/mol. The molecule has 3 heteroatoms. The van der Waals surface area contributed by atoms with Gasteiger partial charge in [0.15, 0.2) is 0 Å². The molecule has 2 atom stereocenters. The molecule has 0 amide bonds. The number of benzene rings is 1. The van der Waals surface area contributed by atoms with E-state index in [4.69, 9.17) is 0 Å². The minimum absolute atomic E-state index is 0.574. The smallest absolute Gasteiger partial charge is 0.0234 e. The summed E-state index contributed by atoms with van der Waals surface area (Å²) in [4.78, 5) is 2.60. The second-order valence-electron chi connectivity index (χ2n) is 6.63. The van der Waals surface area contributed by atoms with E-state index in [2.05, 4.69) is 73.9 Å². The number of thioether (sulfide) groups is 1. The molecule has 0 bridgehead atoms. The van der Waals surface area contributed by atoms with Crippen molar-refractivity contribution in [1.29, 1.82) is 0 Å². The fraction of sp³-hybridized carbons (Fsp3) is 0.667. The second kappa shape index (κ2) is 8.21. The van der Waals surface area contributed by atoms with E-state index < -0.39 is 0 Å². The van der Waals surface area contributed by atoms with Crippen LogP contribution >= 0.6 is 11.8 Å². The van der Waals surface area contributed by atoms with Crippen LogP contribution in [-0.4, -0.2) is 41.1 Å². The highest BCUT2D eigenvalue weighted by Gasteiger charge is 2.21. The van der Waals surface area contributed by atoms with Gasteiger partial charge in [0.1, 0.15) is 0 Å². The summed E-state index contributed by atoms with van der Waals surface area (Å²) in [6.45, 7) is 13.7. The monoisotopic (exact) mass is 306 g/mol. The molecule has 2 nitrogen and oxygen atoms in total. The Morgan fingerprint density at radius 1 is 1.10 bits per heavy atom. The van der Waals surface area contributed by atoms with Gasteiger partial charge in [-0.1, -0.05) is 52.0 Å². The fourth-order valence-electron chi connectivity index (χ4n) is 2.99. The summed E-state index contributed by atoms with van der Waals surface area (Å²) in [7, 11) is 0. The Balaban J connectivity index is 1.81. The minimum Gasteiger partial charge on any atom is -0.314 e. The zero-order chi connectivity index (χ0) is 15.2. The van der Waals surface area contributed by atoms with E-state index in [-0.39, 0.29) is 0 Å². The molecule has 1 fully saturated rings. The quantitative estimate of drug-likeness (QED) is 0.865. The third kappa shape index (κ3) is 6.01. The molecule has 1 heterocycles. The number of nitrogens with one attached hydrogen (secondary N) is 1. The number of hydrogen-bond acceptors (Lipinski definition) is 3. The first kappa shape index (κ1) is 16.9. The van der Waals surface area contributed by atoms with Crippen molar-refractivity contribution in [3.63, 3.8) is 0 Å². The van der Waals surface area contributed by atoms with Crippen LogP contribution in [-0.2, 0) is 13.0 Å². The molecule has 0 radical (unpaired) electrons. The van der Waals surface area contributed by atoms with Gasteiger partial charge in [-0.15, -0.1) is 0 Å². The molecule has 0 aromatic heterocycles. The summed E-state index contributed by atoms with van der Waals surface area (Å²) in [5.74, 6) is 0. The van der Waals surface area contributed by atoms with E-state index >= 15 is 0 Å². The highest BCUT2D eigenvalue weighted by Crippen LogP contribution is 2.25. The number of hydrogen-bond donors (Lipinski definition) is 1. The van der Waals surface area contributed by atoms with E-state index in [0.717, 1.165) is 30.0 Å². The van der Waals surface area contributed by atoms with Crippen molar-refractivity contribution >= 4 is 11.8 Å². The normalized spacial score (nSPS) is 23.7. The first-order chi connectivity index (χ1) is 10.0. The standard InChI is InChI=1S/C18H30N2S/c1-14(2)19-10-9-17-5-7-18(8-6-17)13-20-11-15(3)21-16(4)12-20/h5-8,14-16,19H,9-13H2,1-4H3. The summed E-state index contributed by atoms with van der Waals surface area (Å²) in [5.41, 5.74) is 2.88. The van der Waals surface area contributed by atoms with Crippen LogP contribution in [0.3, 0.4) is 0 Å². The molecule has 1 aromatic rings. The van der Waals surface area contributed by atoms with Crippen molar-refractivity contribution in [2.75, 3.05) is 19.6 Å². The highest BCUT2D eigenvalue weighted by molar-refractivity contribution is 8.00. The van der Waals surface area contributed by atoms with Crippen molar-refractivity contribution in [2.45, 2.75) is 57.2 Å². The fourth-order valence-corrected chi connectivity index (χ4v) is 4.38. The van der Waals surface area contributed by atoms with Gasteiger partial charge >= 0.3 is 0 Å². The van der Waals surface area contributed by atoms with Crippen molar-refractivity contribution in [2.24, 2.45) is 0 Å². The van der Waals surface area contributed by atoms with Gasteiger partial charge in [-0.2, -0.15) is 11.8 Å². The Hall–Kier alpha value is -0.510. The minimum atomic E-state index is 0.574. The van der Waals surface area contributed by atoms with E-state index in [9.17, 15) is 0 Å². The summed E-state index contributed by atoms with van der Waals surface area (Å²) < 4.78 is 0. The van der Waals surface area contributed by atoms with Gasteiger partial charge in [-0.05, 0) is 24.1 Å². The largest absolute Gasteiger partial charge is 0.314 e. The maximum atomic E-state index is 3.47. The highest BCUT2D eigenvalue weighted by atomic mass is 32.2. The summed E-state index contributed by atoms with van der Waals surface area (Å²) in [6, 6.07) is 9.78. The maximum Gasteiger partial charge on any atom is 0.0234 e. The van der Waals surface area contributed by atoms with Gasteiger partial charge in [0, 0.05) is 36.2 Å². The van der Waals surface area contributed by atoms with Crippen LogP contribution in [0.25, 0.3) is 0 Å². The Labute approximate surface area is 134 Å². The first-order valence-corrected chi connectivity index (χ1v) is 9.16. The zero-order valence-corrected chi connectivity index (χ0v) is 14.7. The molecular weight excluding hydrogens is 276 g/mol. The van der Waals surface area contributed by atoms with Crippen molar-refractivity contribution in [3.8, 4) is 0 Å². The lowest BCUT2D eigenvalue weighted by atomic mass is 10.1. The number of nitrogens with zero attached hydrogens (tertiary/aromatic N) is 1. The van der Waals surface area contributed by atoms with E-state index in [1.165, 1.54) is 24.2 Å². The molecule has 0 spiro atoms. The third-order valence-electron chi connectivity index (χ3n) is 3.89. The van der Waals surface area contributed by atoms with E-state index in [1.807, 2.05) is 0 Å². The maximum absolute atomic E-state index is 3.47. The SMILES string of the molecule is CC(C)NCCc1ccc(CN2CC(C)SC(C)C2)cc1. The summed E-state index contributed by atoms with van der Waals surface area (Å²) in [6.07, 6.45) is 1.12. The Bertz CT molecular complexity index is 406. The second-order valence-corrected chi connectivity index (χ2v) is 8.51. The molecule has 2 unspecified atom stereocenters. The molecule has 1 saturated heterocycles. The van der Waals surface area contributed by atoms with Gasteiger partial charge in [0.2, 0.25) is 0 Å². The molecule has 1 aromatic carbocycles. The topological polar surface area (TPSA) is 15.3 Å². The van der Waals surface area contributed by atoms with Gasteiger partial charge in [-0.3, -0.25) is 4.90 Å². The lowest BCUT2D eigenvalue weighted by Gasteiger charge is -2.34. The molecule has 1 aliphatic heterocycles. The molecule has 1 aliphatic rings. The zero-order valence-electron chi connectivity index (χ0n) is 13.9. The lowest BCUT2D eigenvalue weighted by Crippen LogP contribution is -2.39. The van der Waals surface area contributed by atoms with E-state index in [0.29, 0.717) is 6.04 Å². The Kier molecular flexibility index (Phi) is 6.59. The van der Waals surface area contributed by atoms with Gasteiger partial charge in [0.05, 0.1) is 0 Å². The Morgan fingerprint density at radius 3 is 2.24 bits per heavy atom. The molecule has 21 heavy (non-hydrogen) atoms. The van der Waals surface area contributed by atoms with Crippen LogP contribution < -0.4 is 5.32 Å². The van der Waals surface area contributed by atoms with Crippen LogP contribution in [0.5, 0.6) is 0 Å².